The number of hydrogen-bond acceptors (Lipinski definition) is 1. The molecule has 1 aliphatic carbocycles. The van der Waals surface area contributed by atoms with Crippen LogP contribution in [0.2, 0.25) is 0 Å². The van der Waals surface area contributed by atoms with E-state index in [0.717, 1.165) is 24.0 Å². The van der Waals surface area contributed by atoms with Gasteiger partial charge in [-0.2, -0.15) is 0 Å². The molecule has 188 valence electrons. The zero-order valence-corrected chi connectivity index (χ0v) is 22.0. The molecule has 1 aliphatic rings. The highest BCUT2D eigenvalue weighted by Crippen LogP contribution is 2.49. The van der Waals surface area contributed by atoms with Crippen LogP contribution in [-0.2, 0) is 12.8 Å². The predicted octanol–water partition coefficient (Wildman–Crippen LogP) is 10.6. The topological polar surface area (TPSA) is 13.1 Å². The maximum absolute atomic E-state index is 6.94. The van der Waals surface area contributed by atoms with Crippen molar-refractivity contribution in [3.63, 3.8) is 0 Å². The molecule has 0 aliphatic heterocycles. The van der Waals surface area contributed by atoms with Crippen molar-refractivity contribution in [1.29, 1.82) is 0 Å². The number of fused-ring (bicyclic) bond motifs is 13. The van der Waals surface area contributed by atoms with Gasteiger partial charge in [-0.1, -0.05) is 127 Å². The highest BCUT2D eigenvalue weighted by molar-refractivity contribution is 6.31. The molecule has 0 fully saturated rings. The first-order valence-electron chi connectivity index (χ1n) is 14.2. The Hall–Kier alpha value is -4.88. The third kappa shape index (κ3) is 3.03. The maximum atomic E-state index is 6.94. The van der Waals surface area contributed by atoms with E-state index in [1.807, 2.05) is 0 Å². The third-order valence-electron chi connectivity index (χ3n) is 9.09. The lowest BCUT2D eigenvalue weighted by Crippen LogP contribution is -2.14. The summed E-state index contributed by atoms with van der Waals surface area (Å²) < 4.78 is 6.94. The molecule has 1 nitrogen and oxygen atoms in total. The van der Waals surface area contributed by atoms with Gasteiger partial charge in [0.15, 0.2) is 0 Å². The van der Waals surface area contributed by atoms with Gasteiger partial charge in [0.25, 0.3) is 0 Å². The minimum atomic E-state index is 0.415. The molecule has 1 aromatic heterocycles. The number of hydrogen-bond donors (Lipinski definition) is 0. The van der Waals surface area contributed by atoms with Gasteiger partial charge in [0.05, 0.1) is 0 Å². The van der Waals surface area contributed by atoms with Crippen LogP contribution in [0.25, 0.3) is 65.4 Å². The molecule has 1 heterocycles. The smallest absolute Gasteiger partial charge is 0.143 e. The Labute approximate surface area is 232 Å². The molecule has 8 aromatic rings. The Morgan fingerprint density at radius 1 is 0.525 bits per heavy atom. The molecule has 0 saturated carbocycles. The van der Waals surface area contributed by atoms with E-state index >= 15 is 0 Å². The van der Waals surface area contributed by atoms with Gasteiger partial charge in [0.1, 0.15) is 11.2 Å². The first kappa shape index (κ1) is 22.0. The van der Waals surface area contributed by atoms with Gasteiger partial charge in [0, 0.05) is 21.7 Å². The van der Waals surface area contributed by atoms with Crippen molar-refractivity contribution in [2.75, 3.05) is 0 Å². The van der Waals surface area contributed by atoms with Crippen LogP contribution in [0.4, 0.5) is 0 Å². The van der Waals surface area contributed by atoms with Crippen molar-refractivity contribution in [3.8, 4) is 11.1 Å². The van der Waals surface area contributed by atoms with E-state index < -0.39 is 0 Å². The number of furan rings is 1. The van der Waals surface area contributed by atoms with E-state index in [2.05, 4.69) is 127 Å². The van der Waals surface area contributed by atoms with E-state index in [1.165, 1.54) is 70.9 Å². The zero-order valence-electron chi connectivity index (χ0n) is 22.0. The van der Waals surface area contributed by atoms with E-state index in [1.54, 1.807) is 0 Å². The standard InChI is InChI=1S/C39H26O/c1-2-13-28-24(10-1)11-9-12-25(28)22-27-23-26-20-21-35-37-33-18-7-4-15-30(33)31-16-5-8-19-34(31)38(37)40-39(35)36(26)32-17-6-3-14-29(27)32/h1-21,27H,22-23H2. The molecule has 0 N–H and O–H groups in total. The molecule has 40 heavy (non-hydrogen) atoms. The SMILES string of the molecule is c1ccc2c(c1)-c1c(ccc3c1oc1c4ccccc4c4ccccc4c31)CC2Cc1cccc2ccccc12. The molecule has 1 heteroatoms. The van der Waals surface area contributed by atoms with Crippen LogP contribution in [0.15, 0.2) is 132 Å². The van der Waals surface area contributed by atoms with E-state index in [9.17, 15) is 0 Å². The molecule has 1 unspecified atom stereocenters. The highest BCUT2D eigenvalue weighted by atomic mass is 16.3. The average Bonchev–Trinajstić information content (AvgIpc) is 3.42. The quantitative estimate of drug-likeness (QED) is 0.211. The zero-order chi connectivity index (χ0) is 26.2. The largest absolute Gasteiger partial charge is 0.455 e. The summed E-state index contributed by atoms with van der Waals surface area (Å²) in [6, 6.07) is 46.6. The highest BCUT2D eigenvalue weighted by Gasteiger charge is 2.29. The molecule has 1 atom stereocenters. The second kappa shape index (κ2) is 8.31. The van der Waals surface area contributed by atoms with Crippen molar-refractivity contribution >= 4 is 54.3 Å². The monoisotopic (exact) mass is 510 g/mol. The van der Waals surface area contributed by atoms with Crippen LogP contribution >= 0.6 is 0 Å². The van der Waals surface area contributed by atoms with E-state index in [0.29, 0.717) is 5.92 Å². The Balaban J connectivity index is 1.29. The van der Waals surface area contributed by atoms with Crippen molar-refractivity contribution in [1.82, 2.24) is 0 Å². The third-order valence-corrected chi connectivity index (χ3v) is 9.09. The van der Waals surface area contributed by atoms with Gasteiger partial charge in [0.2, 0.25) is 0 Å². The summed E-state index contributed by atoms with van der Waals surface area (Å²) >= 11 is 0. The van der Waals surface area contributed by atoms with E-state index in [4.69, 9.17) is 4.42 Å². The summed E-state index contributed by atoms with van der Waals surface area (Å²) in [6.07, 6.45) is 2.02. The van der Waals surface area contributed by atoms with Gasteiger partial charge < -0.3 is 4.42 Å². The summed E-state index contributed by atoms with van der Waals surface area (Å²) in [5.41, 5.74) is 8.82. The van der Waals surface area contributed by atoms with Crippen LogP contribution in [0.3, 0.4) is 0 Å². The first-order valence-corrected chi connectivity index (χ1v) is 14.2. The molecule has 0 spiro atoms. The second-order valence-corrected chi connectivity index (χ2v) is 11.2. The molecule has 0 saturated heterocycles. The summed E-state index contributed by atoms with van der Waals surface area (Å²) in [4.78, 5) is 0. The fourth-order valence-corrected chi connectivity index (χ4v) is 7.35. The molecule has 0 amide bonds. The fraction of sp³-hybridized carbons (Fsp3) is 0.0769. The normalized spacial score (nSPS) is 14.8. The van der Waals surface area contributed by atoms with Crippen LogP contribution in [0.1, 0.15) is 22.6 Å². The molecular formula is C39H26O. The number of rotatable bonds is 2. The number of benzene rings is 7. The second-order valence-electron chi connectivity index (χ2n) is 11.2. The van der Waals surface area contributed by atoms with Gasteiger partial charge in [-0.3, -0.25) is 0 Å². The lowest BCUT2D eigenvalue weighted by molar-refractivity contribution is 0.658. The van der Waals surface area contributed by atoms with Crippen LogP contribution in [0, 0.1) is 0 Å². The average molecular weight is 511 g/mol. The van der Waals surface area contributed by atoms with Gasteiger partial charge in [-0.15, -0.1) is 0 Å². The Morgan fingerprint density at radius 3 is 2.08 bits per heavy atom. The Bertz CT molecular complexity index is 2280. The summed E-state index contributed by atoms with van der Waals surface area (Å²) in [6.45, 7) is 0. The molecule has 0 bridgehead atoms. The lowest BCUT2D eigenvalue weighted by atomic mass is 9.75. The van der Waals surface area contributed by atoms with Crippen LogP contribution in [0.5, 0.6) is 0 Å². The van der Waals surface area contributed by atoms with Gasteiger partial charge >= 0.3 is 0 Å². The Morgan fingerprint density at radius 2 is 1.20 bits per heavy atom. The van der Waals surface area contributed by atoms with Crippen LogP contribution in [-0.4, -0.2) is 0 Å². The minimum Gasteiger partial charge on any atom is -0.455 e. The minimum absolute atomic E-state index is 0.415. The van der Waals surface area contributed by atoms with Crippen molar-refractivity contribution in [3.05, 3.63) is 144 Å². The molecular weight excluding hydrogens is 484 g/mol. The fourth-order valence-electron chi connectivity index (χ4n) is 7.35. The van der Waals surface area contributed by atoms with Gasteiger partial charge in [-0.05, 0) is 67.9 Å². The van der Waals surface area contributed by atoms with Crippen molar-refractivity contribution in [2.24, 2.45) is 0 Å². The molecule has 0 radical (unpaired) electrons. The first-order chi connectivity index (χ1) is 19.8. The van der Waals surface area contributed by atoms with Gasteiger partial charge in [-0.25, -0.2) is 0 Å². The molecule has 9 rings (SSSR count). The van der Waals surface area contributed by atoms with E-state index in [-0.39, 0.29) is 0 Å². The van der Waals surface area contributed by atoms with Crippen molar-refractivity contribution in [2.45, 2.75) is 18.8 Å². The summed E-state index contributed by atoms with van der Waals surface area (Å²) in [5, 5.41) is 10.1. The summed E-state index contributed by atoms with van der Waals surface area (Å²) in [5.74, 6) is 0.415. The predicted molar refractivity (Wildman–Crippen MR) is 168 cm³/mol. The van der Waals surface area contributed by atoms with Crippen LogP contribution < -0.4 is 0 Å². The van der Waals surface area contributed by atoms with Crippen molar-refractivity contribution < 1.29 is 4.42 Å². The summed E-state index contributed by atoms with van der Waals surface area (Å²) in [7, 11) is 0. The lowest BCUT2D eigenvalue weighted by Gasteiger charge is -2.28. The molecule has 7 aromatic carbocycles. The Kier molecular flexibility index (Phi) is 4.57. The maximum Gasteiger partial charge on any atom is 0.143 e.